The maximum Gasteiger partial charge on any atom is 0.352 e. The minimum Gasteiger partial charge on any atom is -0.502 e. The molecule has 0 bridgehead atoms. The smallest absolute Gasteiger partial charge is 0.352 e. The number of alkyl halides is 2. The molecule has 6 rings (SSSR count). The lowest BCUT2D eigenvalue weighted by molar-refractivity contribution is -0.128. The molecule has 0 radical (unpaired) electrons. The number of ketones is 2. The fourth-order valence-corrected chi connectivity index (χ4v) is 7.75. The number of carbonyl (C=O) groups excluding carboxylic acids is 2. The molecule has 2 aromatic carbocycles. The third kappa shape index (κ3) is 3.58. The van der Waals surface area contributed by atoms with E-state index in [1.54, 1.807) is 36.4 Å². The van der Waals surface area contributed by atoms with E-state index >= 15 is 0 Å². The van der Waals surface area contributed by atoms with Crippen molar-refractivity contribution in [3.63, 3.8) is 0 Å². The molecule has 10 nitrogen and oxygen atoms in total. The number of nitrogens with zero attached hydrogens (tertiary/aromatic N) is 3. The van der Waals surface area contributed by atoms with Gasteiger partial charge in [-0.2, -0.15) is 0 Å². The summed E-state index contributed by atoms with van der Waals surface area (Å²) >= 11 is 26.9. The molecule has 1 N–H and O–H groups in total. The van der Waals surface area contributed by atoms with E-state index in [0.717, 1.165) is 4.57 Å². The van der Waals surface area contributed by atoms with E-state index in [1.165, 1.54) is 35.7 Å². The van der Waals surface area contributed by atoms with E-state index in [0.29, 0.717) is 11.3 Å². The molecule has 42 heavy (non-hydrogen) atoms. The van der Waals surface area contributed by atoms with Crippen LogP contribution in [0.1, 0.15) is 23.9 Å². The van der Waals surface area contributed by atoms with Crippen LogP contribution in [0.15, 0.2) is 73.8 Å². The van der Waals surface area contributed by atoms with Crippen LogP contribution in [-0.4, -0.2) is 54.6 Å². The number of rotatable bonds is 4. The standard InChI is InChI=1S/C28H21Cl4N3O7/c1-41-17-10-13(11-18(42-2)22(17)36)19-15-8-9-33-25(39)34(14-6-4-3-5-7-14)26(40)35(33)16(15)12-27(31)23(37)20(29)21(30)24(38)28(19,27)32/h3-8,10-11,16,19,36H,9,12H2,1-2H3. The Morgan fingerprint density at radius 1 is 0.905 bits per heavy atom. The Kier molecular flexibility index (Phi) is 6.69. The number of phenolic OH excluding ortho intramolecular Hbond substituents is 1. The van der Waals surface area contributed by atoms with Gasteiger partial charge in [-0.05, 0) is 35.4 Å². The van der Waals surface area contributed by atoms with Crippen molar-refractivity contribution >= 4 is 58.0 Å². The second kappa shape index (κ2) is 9.80. The molecule has 14 heteroatoms. The van der Waals surface area contributed by atoms with Gasteiger partial charge in [0.2, 0.25) is 5.75 Å². The van der Waals surface area contributed by atoms with Crippen molar-refractivity contribution in [2.75, 3.05) is 14.2 Å². The van der Waals surface area contributed by atoms with Crippen LogP contribution in [0.5, 0.6) is 17.2 Å². The molecular formula is C28H21Cl4N3O7. The Bertz CT molecular complexity index is 1850. The van der Waals surface area contributed by atoms with Gasteiger partial charge in [0.1, 0.15) is 19.8 Å². The van der Waals surface area contributed by atoms with Gasteiger partial charge >= 0.3 is 11.4 Å². The number of Topliss-reactive ketones (excluding diaryl/α,β-unsaturated/α-hetero) is 2. The Balaban J connectivity index is 1.67. The number of methoxy groups -OCH3 is 2. The quantitative estimate of drug-likeness (QED) is 0.334. The first kappa shape index (κ1) is 28.7. The molecule has 218 valence electrons. The van der Waals surface area contributed by atoms with Gasteiger partial charge in [0.25, 0.3) is 0 Å². The average Bonchev–Trinajstić information content (AvgIpc) is 3.25. The lowest BCUT2D eigenvalue weighted by atomic mass is 9.59. The van der Waals surface area contributed by atoms with E-state index in [-0.39, 0.29) is 35.8 Å². The van der Waals surface area contributed by atoms with E-state index in [4.69, 9.17) is 55.9 Å². The zero-order chi connectivity index (χ0) is 30.3. The summed E-state index contributed by atoms with van der Waals surface area (Å²) in [7, 11) is 2.65. The molecule has 4 unspecified atom stereocenters. The van der Waals surface area contributed by atoms with Crippen LogP contribution in [0.2, 0.25) is 0 Å². The summed E-state index contributed by atoms with van der Waals surface area (Å²) in [5, 5.41) is 9.44. The van der Waals surface area contributed by atoms with Crippen molar-refractivity contribution in [3.8, 4) is 22.9 Å². The summed E-state index contributed by atoms with van der Waals surface area (Å²) in [5.74, 6) is -3.35. The van der Waals surface area contributed by atoms with Crippen molar-refractivity contribution in [2.24, 2.45) is 0 Å². The van der Waals surface area contributed by atoms with E-state index in [2.05, 4.69) is 0 Å². The zero-order valence-corrected chi connectivity index (χ0v) is 25.0. The molecule has 2 heterocycles. The molecule has 0 amide bonds. The van der Waals surface area contributed by atoms with Crippen LogP contribution < -0.4 is 20.9 Å². The number of allylic oxidation sites excluding steroid dienone is 4. The Morgan fingerprint density at radius 2 is 1.50 bits per heavy atom. The highest BCUT2D eigenvalue weighted by molar-refractivity contribution is 6.66. The lowest BCUT2D eigenvalue weighted by Crippen LogP contribution is -2.67. The zero-order valence-electron chi connectivity index (χ0n) is 21.9. The van der Waals surface area contributed by atoms with Gasteiger partial charge in [0.15, 0.2) is 23.1 Å². The molecule has 3 aromatic rings. The monoisotopic (exact) mass is 651 g/mol. The van der Waals surface area contributed by atoms with Gasteiger partial charge in [-0.3, -0.25) is 9.59 Å². The number of para-hydroxylation sites is 1. The number of aromatic nitrogens is 3. The molecule has 1 fully saturated rings. The van der Waals surface area contributed by atoms with Crippen LogP contribution in [0, 0.1) is 0 Å². The van der Waals surface area contributed by atoms with Gasteiger partial charge in [-0.1, -0.05) is 47.5 Å². The fourth-order valence-electron chi connectivity index (χ4n) is 6.22. The maximum absolute atomic E-state index is 13.9. The van der Waals surface area contributed by atoms with Crippen molar-refractivity contribution in [3.05, 3.63) is 90.7 Å². The third-order valence-corrected chi connectivity index (χ3v) is 10.4. The van der Waals surface area contributed by atoms with Crippen LogP contribution in [-0.2, 0) is 16.1 Å². The van der Waals surface area contributed by atoms with Crippen LogP contribution >= 0.6 is 46.4 Å². The van der Waals surface area contributed by atoms with Gasteiger partial charge in [0.05, 0.1) is 32.5 Å². The van der Waals surface area contributed by atoms with E-state index in [9.17, 15) is 24.3 Å². The number of benzene rings is 2. The van der Waals surface area contributed by atoms with Crippen molar-refractivity contribution in [1.82, 2.24) is 13.9 Å². The summed E-state index contributed by atoms with van der Waals surface area (Å²) in [5.41, 5.74) is -0.250. The molecule has 1 saturated carbocycles. The number of ether oxygens (including phenoxy) is 2. The minimum atomic E-state index is -2.23. The summed E-state index contributed by atoms with van der Waals surface area (Å²) in [6, 6.07) is 10.2. The molecule has 1 aromatic heterocycles. The largest absolute Gasteiger partial charge is 0.502 e. The predicted octanol–water partition coefficient (Wildman–Crippen LogP) is 3.99. The lowest BCUT2D eigenvalue weighted by Gasteiger charge is -2.54. The highest BCUT2D eigenvalue weighted by atomic mass is 35.5. The second-order valence-corrected chi connectivity index (χ2v) is 12.1. The second-order valence-electron chi connectivity index (χ2n) is 10.1. The Morgan fingerprint density at radius 3 is 2.10 bits per heavy atom. The number of aromatic hydroxyl groups is 1. The highest BCUT2D eigenvalue weighted by Crippen LogP contribution is 2.64. The molecule has 2 aliphatic carbocycles. The number of fused-ring (bicyclic) bond motifs is 4. The first-order valence-corrected chi connectivity index (χ1v) is 14.1. The number of hydrogen-bond acceptors (Lipinski definition) is 7. The number of halogens is 4. The SMILES string of the molecule is COc1cc(C2C3=CCn4c(=O)n(-c5ccccc5)c(=O)n4C3CC3(Cl)C(=O)C(Cl)=C(Cl)C(=O)C23Cl)cc(OC)c1O. The highest BCUT2D eigenvalue weighted by Gasteiger charge is 2.71. The first-order chi connectivity index (χ1) is 19.9. The summed E-state index contributed by atoms with van der Waals surface area (Å²) in [6.45, 7) is -0.0582. The molecule has 0 saturated heterocycles. The number of carbonyl (C=O) groups is 2. The summed E-state index contributed by atoms with van der Waals surface area (Å²) < 4.78 is 14.2. The maximum atomic E-state index is 13.9. The Labute approximate surface area is 257 Å². The minimum absolute atomic E-state index is 0.0121. The number of phenols is 1. The predicted molar refractivity (Wildman–Crippen MR) is 156 cm³/mol. The van der Waals surface area contributed by atoms with Crippen LogP contribution in [0.3, 0.4) is 0 Å². The van der Waals surface area contributed by atoms with E-state index in [1.807, 2.05) is 0 Å². The van der Waals surface area contributed by atoms with Crippen molar-refractivity contribution in [2.45, 2.75) is 34.7 Å². The number of hydrogen-bond donors (Lipinski definition) is 1. The van der Waals surface area contributed by atoms with Gasteiger partial charge in [-0.15, -0.1) is 23.2 Å². The fraction of sp³-hybridized carbons (Fsp3) is 0.286. The first-order valence-electron chi connectivity index (χ1n) is 12.6. The molecule has 0 spiro atoms. The summed E-state index contributed by atoms with van der Waals surface area (Å²) in [6.07, 6.45) is 1.30. The van der Waals surface area contributed by atoms with E-state index < -0.39 is 54.7 Å². The van der Waals surface area contributed by atoms with Gasteiger partial charge in [0, 0.05) is 12.3 Å². The third-order valence-electron chi connectivity index (χ3n) is 8.15. The van der Waals surface area contributed by atoms with Gasteiger partial charge < -0.3 is 14.6 Å². The average molecular weight is 653 g/mol. The topological polar surface area (TPSA) is 122 Å². The normalized spacial score (nSPS) is 26.8. The van der Waals surface area contributed by atoms with Crippen LogP contribution in [0.4, 0.5) is 0 Å². The molecule has 3 aliphatic rings. The summed E-state index contributed by atoms with van der Waals surface area (Å²) in [4.78, 5) is 50.6. The molecule has 1 aliphatic heterocycles. The van der Waals surface area contributed by atoms with Gasteiger partial charge in [-0.25, -0.2) is 23.5 Å². The van der Waals surface area contributed by atoms with Crippen LogP contribution in [0.25, 0.3) is 5.69 Å². The Hall–Kier alpha value is -3.44. The van der Waals surface area contributed by atoms with Crippen molar-refractivity contribution < 1.29 is 24.2 Å². The molecular weight excluding hydrogens is 632 g/mol. The van der Waals surface area contributed by atoms with Crippen molar-refractivity contribution in [1.29, 1.82) is 0 Å². The molecule has 4 atom stereocenters.